The van der Waals surface area contributed by atoms with Crippen LogP contribution in [0, 0.1) is 13.8 Å². The Labute approximate surface area is 191 Å². The zero-order valence-corrected chi connectivity index (χ0v) is 19.0. The van der Waals surface area contributed by atoms with E-state index in [1.54, 1.807) is 31.4 Å². The third-order valence-electron chi connectivity index (χ3n) is 6.50. The smallest absolute Gasteiger partial charge is 0.261 e. The lowest BCUT2D eigenvalue weighted by molar-refractivity contribution is 0.0651. The minimum Gasteiger partial charge on any atom is -0.399 e. The van der Waals surface area contributed by atoms with Crippen molar-refractivity contribution in [1.29, 1.82) is 0 Å². The topological polar surface area (TPSA) is 63.9 Å². The van der Waals surface area contributed by atoms with Crippen LogP contribution in [-0.2, 0) is 11.4 Å². The van der Waals surface area contributed by atoms with Gasteiger partial charge in [0.1, 0.15) is 12.5 Å². The van der Waals surface area contributed by atoms with Crippen molar-refractivity contribution in [2.75, 3.05) is 13.7 Å². The molecule has 0 spiro atoms. The number of aromatic nitrogens is 1. The second kappa shape index (κ2) is 8.20. The summed E-state index contributed by atoms with van der Waals surface area (Å²) < 4.78 is 2.28. The number of aryl methyl sites for hydroxylation is 3. The first-order chi connectivity index (χ1) is 16.0. The van der Waals surface area contributed by atoms with Gasteiger partial charge in [0.2, 0.25) is 0 Å². The number of para-hydroxylation sites is 1. The van der Waals surface area contributed by atoms with E-state index >= 15 is 0 Å². The quantitative estimate of drug-likeness (QED) is 0.260. The van der Waals surface area contributed by atoms with E-state index in [0.717, 1.165) is 27.2 Å². The molecule has 0 bridgehead atoms. The molecule has 1 aliphatic rings. The predicted octanol–water partition coefficient (Wildman–Crippen LogP) is 4.56. The Bertz CT molecular complexity index is 1470. The standard InChI is InChI=1S/C27H25N3O3/c1-17-13-14-22-24(28-33-3)21-11-6-7-12-23(21)29(25(22)18(17)2)15-8-16-30-26(31)19-9-4-5-10-20(19)27(30)32/h4-7,9-14H,8,15-16H2,1-3H3/b28-24-. The van der Waals surface area contributed by atoms with Crippen molar-refractivity contribution in [3.05, 3.63) is 88.3 Å². The highest BCUT2D eigenvalue weighted by atomic mass is 16.6. The fourth-order valence-corrected chi connectivity index (χ4v) is 4.77. The first kappa shape index (κ1) is 20.9. The molecule has 1 aliphatic heterocycles. The van der Waals surface area contributed by atoms with Crippen molar-refractivity contribution >= 4 is 33.6 Å². The molecule has 2 heterocycles. The Balaban J connectivity index is 1.57. The Morgan fingerprint density at radius 1 is 0.818 bits per heavy atom. The van der Waals surface area contributed by atoms with Crippen molar-refractivity contribution in [3.63, 3.8) is 0 Å². The van der Waals surface area contributed by atoms with Gasteiger partial charge in [-0.3, -0.25) is 14.5 Å². The number of carbonyl (C=O) groups excluding carboxylic acids is 2. The van der Waals surface area contributed by atoms with Crippen LogP contribution >= 0.6 is 0 Å². The molecule has 0 atom stereocenters. The number of amides is 2. The molecule has 0 unspecified atom stereocenters. The molecule has 0 fully saturated rings. The maximum Gasteiger partial charge on any atom is 0.261 e. The van der Waals surface area contributed by atoms with Gasteiger partial charge < -0.3 is 9.40 Å². The summed E-state index contributed by atoms with van der Waals surface area (Å²) in [6, 6.07) is 19.3. The highest BCUT2D eigenvalue weighted by Crippen LogP contribution is 2.26. The number of pyridine rings is 1. The minimum atomic E-state index is -0.211. The largest absolute Gasteiger partial charge is 0.399 e. The fourth-order valence-electron chi connectivity index (χ4n) is 4.77. The number of rotatable bonds is 5. The van der Waals surface area contributed by atoms with E-state index < -0.39 is 0 Å². The normalized spacial score (nSPS) is 13.9. The summed E-state index contributed by atoms with van der Waals surface area (Å²) in [5.74, 6) is -0.423. The molecule has 166 valence electrons. The third-order valence-corrected chi connectivity index (χ3v) is 6.50. The lowest BCUT2D eigenvalue weighted by Crippen LogP contribution is -2.31. The predicted molar refractivity (Wildman–Crippen MR) is 128 cm³/mol. The van der Waals surface area contributed by atoms with E-state index in [9.17, 15) is 9.59 Å². The summed E-state index contributed by atoms with van der Waals surface area (Å²) in [4.78, 5) is 32.1. The van der Waals surface area contributed by atoms with Crippen molar-refractivity contribution in [2.24, 2.45) is 5.16 Å². The van der Waals surface area contributed by atoms with Crippen LogP contribution in [0.1, 0.15) is 38.3 Å². The molecule has 4 aromatic rings. The number of imide groups is 1. The zero-order chi connectivity index (χ0) is 23.1. The number of hydrogen-bond donors (Lipinski definition) is 0. The van der Waals surface area contributed by atoms with Gasteiger partial charge in [-0.2, -0.15) is 0 Å². The van der Waals surface area contributed by atoms with Crippen molar-refractivity contribution < 1.29 is 14.4 Å². The van der Waals surface area contributed by atoms with Gasteiger partial charge in [-0.05, 0) is 49.6 Å². The summed E-state index contributed by atoms with van der Waals surface area (Å²) in [7, 11) is 1.56. The number of benzene rings is 3. The monoisotopic (exact) mass is 439 g/mol. The van der Waals surface area contributed by atoms with Crippen LogP contribution in [0.3, 0.4) is 0 Å². The van der Waals surface area contributed by atoms with Gasteiger partial charge in [0.15, 0.2) is 0 Å². The molecular formula is C27H25N3O3. The maximum absolute atomic E-state index is 12.8. The van der Waals surface area contributed by atoms with Gasteiger partial charge in [0.05, 0.1) is 22.2 Å². The molecule has 6 nitrogen and oxygen atoms in total. The summed E-state index contributed by atoms with van der Waals surface area (Å²) in [5, 5.41) is 7.17. The van der Waals surface area contributed by atoms with Gasteiger partial charge in [-0.1, -0.05) is 47.6 Å². The SMILES string of the molecule is CO/N=c1/c2ccccc2n(CCCN2C(=O)c3ccccc3C2=O)c2c(C)c(C)ccc12. The molecule has 33 heavy (non-hydrogen) atoms. The summed E-state index contributed by atoms with van der Waals surface area (Å²) in [6.45, 7) is 5.23. The third kappa shape index (κ3) is 3.30. The second-order valence-electron chi connectivity index (χ2n) is 8.36. The van der Waals surface area contributed by atoms with Crippen molar-refractivity contribution in [3.8, 4) is 0 Å². The average Bonchev–Trinajstić information content (AvgIpc) is 3.08. The van der Waals surface area contributed by atoms with E-state index in [-0.39, 0.29) is 11.8 Å². The lowest BCUT2D eigenvalue weighted by Gasteiger charge is -2.20. The van der Waals surface area contributed by atoms with E-state index in [1.807, 2.05) is 18.2 Å². The fraction of sp³-hybridized carbons (Fsp3) is 0.222. The molecule has 0 saturated carbocycles. The van der Waals surface area contributed by atoms with Crippen LogP contribution < -0.4 is 5.36 Å². The highest BCUT2D eigenvalue weighted by molar-refractivity contribution is 6.21. The van der Waals surface area contributed by atoms with Gasteiger partial charge in [0, 0.05) is 23.9 Å². The molecule has 0 N–H and O–H groups in total. The number of fused-ring (bicyclic) bond motifs is 3. The molecule has 3 aromatic carbocycles. The molecule has 0 saturated heterocycles. The Morgan fingerprint density at radius 2 is 1.48 bits per heavy atom. The molecule has 2 amide bonds. The van der Waals surface area contributed by atoms with E-state index in [4.69, 9.17) is 4.84 Å². The number of hydrogen-bond acceptors (Lipinski definition) is 4. The lowest BCUT2D eigenvalue weighted by atomic mass is 10.0. The van der Waals surface area contributed by atoms with Gasteiger partial charge in [0.25, 0.3) is 11.8 Å². The van der Waals surface area contributed by atoms with E-state index in [0.29, 0.717) is 30.6 Å². The van der Waals surface area contributed by atoms with Crippen LogP contribution in [0.4, 0.5) is 0 Å². The van der Waals surface area contributed by atoms with Crippen LogP contribution in [0.25, 0.3) is 21.8 Å². The number of nitrogens with zero attached hydrogens (tertiary/aromatic N) is 3. The average molecular weight is 440 g/mol. The Morgan fingerprint density at radius 3 is 2.18 bits per heavy atom. The van der Waals surface area contributed by atoms with Gasteiger partial charge in [-0.25, -0.2) is 0 Å². The molecule has 0 aliphatic carbocycles. The van der Waals surface area contributed by atoms with Crippen LogP contribution in [0.5, 0.6) is 0 Å². The first-order valence-electron chi connectivity index (χ1n) is 11.1. The second-order valence-corrected chi connectivity index (χ2v) is 8.36. The maximum atomic E-state index is 12.8. The Hall–Kier alpha value is -3.93. The zero-order valence-electron chi connectivity index (χ0n) is 19.0. The van der Waals surface area contributed by atoms with Crippen molar-refractivity contribution in [2.45, 2.75) is 26.8 Å². The minimum absolute atomic E-state index is 0.211. The van der Waals surface area contributed by atoms with Crippen molar-refractivity contribution in [1.82, 2.24) is 9.47 Å². The van der Waals surface area contributed by atoms with E-state index in [1.165, 1.54) is 16.0 Å². The molecule has 5 rings (SSSR count). The highest BCUT2D eigenvalue weighted by Gasteiger charge is 2.34. The Kier molecular flexibility index (Phi) is 5.21. The first-order valence-corrected chi connectivity index (χ1v) is 11.1. The van der Waals surface area contributed by atoms with Gasteiger partial charge >= 0.3 is 0 Å². The van der Waals surface area contributed by atoms with Crippen LogP contribution in [-0.4, -0.2) is 34.9 Å². The van der Waals surface area contributed by atoms with Crippen LogP contribution in [0.2, 0.25) is 0 Å². The summed E-state index contributed by atoms with van der Waals surface area (Å²) in [6.07, 6.45) is 0.642. The molecular weight excluding hydrogens is 414 g/mol. The summed E-state index contributed by atoms with van der Waals surface area (Å²) in [5.41, 5.74) is 5.47. The van der Waals surface area contributed by atoms with Gasteiger partial charge in [-0.15, -0.1) is 0 Å². The molecule has 1 aromatic heterocycles. The molecule has 0 radical (unpaired) electrons. The molecule has 6 heteroatoms. The number of carbonyl (C=O) groups is 2. The van der Waals surface area contributed by atoms with Crippen LogP contribution in [0.15, 0.2) is 65.8 Å². The van der Waals surface area contributed by atoms with E-state index in [2.05, 4.69) is 41.8 Å². The summed E-state index contributed by atoms with van der Waals surface area (Å²) >= 11 is 0.